The van der Waals surface area contributed by atoms with E-state index in [1.54, 1.807) is 50.2 Å². The number of nitrogens with zero attached hydrogens (tertiary/aromatic N) is 4. The molecule has 372 valence electrons. The van der Waals surface area contributed by atoms with Gasteiger partial charge in [0.05, 0.1) is 29.1 Å². The van der Waals surface area contributed by atoms with Gasteiger partial charge in [0.2, 0.25) is 23.6 Å². The van der Waals surface area contributed by atoms with Crippen molar-refractivity contribution in [3.8, 4) is 45.8 Å². The van der Waals surface area contributed by atoms with Crippen molar-refractivity contribution in [3.05, 3.63) is 88.7 Å². The number of carbonyl (C=O) groups is 5. The summed E-state index contributed by atoms with van der Waals surface area (Å²) in [6, 6.07) is 14.6. The van der Waals surface area contributed by atoms with Crippen LogP contribution in [0.1, 0.15) is 90.8 Å². The smallest absolute Gasteiger partial charge is 0.255 e. The minimum atomic E-state index is -1.41. The summed E-state index contributed by atoms with van der Waals surface area (Å²) >= 11 is 0. The molecule has 0 spiro atoms. The summed E-state index contributed by atoms with van der Waals surface area (Å²) in [5, 5.41) is 20.0. The van der Waals surface area contributed by atoms with Crippen LogP contribution in [0.4, 0.5) is 0 Å². The number of hydrogen-bond acceptors (Lipinski definition) is 14. The Morgan fingerprint density at radius 3 is 2.09 bits per heavy atom. The van der Waals surface area contributed by atoms with Crippen molar-refractivity contribution in [1.29, 1.82) is 5.26 Å². The van der Waals surface area contributed by atoms with Crippen LogP contribution in [0.25, 0.3) is 22.5 Å². The maximum atomic E-state index is 14.8. The van der Waals surface area contributed by atoms with Gasteiger partial charge in [0, 0.05) is 43.2 Å². The highest BCUT2D eigenvalue weighted by Gasteiger charge is 2.36. The van der Waals surface area contributed by atoms with Gasteiger partial charge in [0.1, 0.15) is 61.2 Å². The molecule has 5 amide bonds. The molecule has 3 aromatic carbocycles. The van der Waals surface area contributed by atoms with Gasteiger partial charge in [0.15, 0.2) is 5.82 Å². The molecule has 1 aliphatic carbocycles. The van der Waals surface area contributed by atoms with E-state index in [1.807, 2.05) is 30.3 Å². The lowest BCUT2D eigenvalue weighted by molar-refractivity contribution is -0.141. The van der Waals surface area contributed by atoms with Crippen LogP contribution in [0.15, 0.2) is 60.7 Å². The van der Waals surface area contributed by atoms with E-state index in [9.17, 15) is 29.2 Å². The lowest BCUT2D eigenvalue weighted by Crippen LogP contribution is -2.56. The zero-order chi connectivity index (χ0) is 50.3. The molecule has 2 heterocycles. The van der Waals surface area contributed by atoms with Gasteiger partial charge in [-0.3, -0.25) is 24.0 Å². The zero-order valence-corrected chi connectivity index (χ0v) is 40.3. The summed E-state index contributed by atoms with van der Waals surface area (Å²) in [6.45, 7) is 5.18. The molecule has 4 bridgehead atoms. The lowest BCUT2D eigenvalue weighted by Gasteiger charge is -2.32. The largest absolute Gasteiger partial charge is 0.492 e. The van der Waals surface area contributed by atoms with Crippen molar-refractivity contribution in [3.63, 3.8) is 0 Å². The van der Waals surface area contributed by atoms with Gasteiger partial charge >= 0.3 is 0 Å². The number of aromatic nitrogens is 2. The Balaban J connectivity index is 1.33. The van der Waals surface area contributed by atoms with E-state index in [4.69, 9.17) is 31.4 Å². The fourth-order valence-electron chi connectivity index (χ4n) is 8.77. The number of ether oxygens (including phenoxy) is 3. The zero-order valence-electron chi connectivity index (χ0n) is 40.3. The second-order valence-electron chi connectivity index (χ2n) is 17.5. The Hall–Kier alpha value is -7.14. The first-order valence-corrected chi connectivity index (χ1v) is 23.8. The molecule has 4 atom stereocenters. The summed E-state index contributed by atoms with van der Waals surface area (Å²) in [5.41, 5.74) is 21.3. The molecular weight excluding hydrogens is 895 g/mol. The average molecular weight is 960 g/mol. The van der Waals surface area contributed by atoms with Crippen LogP contribution in [0, 0.1) is 25.2 Å². The molecule has 1 fully saturated rings. The molecule has 0 saturated heterocycles. The predicted octanol–water partition coefficient (Wildman–Crippen LogP) is 3.04. The van der Waals surface area contributed by atoms with E-state index < -0.39 is 53.7 Å². The van der Waals surface area contributed by atoms with E-state index in [-0.39, 0.29) is 63.9 Å². The third-order valence-corrected chi connectivity index (χ3v) is 12.3. The van der Waals surface area contributed by atoms with E-state index in [1.165, 1.54) is 31.7 Å². The molecule has 19 nitrogen and oxygen atoms in total. The number of benzene rings is 3. The fraction of sp³-hybridized carbons (Fsp3) is 0.451. The predicted molar refractivity (Wildman–Crippen MR) is 262 cm³/mol. The number of nitrogens with two attached hydrogens (primary N) is 3. The van der Waals surface area contributed by atoms with Crippen LogP contribution in [0.2, 0.25) is 0 Å². The molecule has 19 heteroatoms. The van der Waals surface area contributed by atoms with Crippen LogP contribution in [0.5, 0.6) is 17.2 Å². The van der Waals surface area contributed by atoms with Crippen molar-refractivity contribution < 1.29 is 38.2 Å². The molecule has 1 aliphatic heterocycles. The quantitative estimate of drug-likeness (QED) is 0.0592. The summed E-state index contributed by atoms with van der Waals surface area (Å²) in [4.78, 5) is 81.3. The van der Waals surface area contributed by atoms with Gasteiger partial charge in [-0.05, 0) is 119 Å². The van der Waals surface area contributed by atoms with Crippen molar-refractivity contribution >= 4 is 29.5 Å². The monoisotopic (exact) mass is 960 g/mol. The summed E-state index contributed by atoms with van der Waals surface area (Å²) in [5.74, 6) is -1.39. The van der Waals surface area contributed by atoms with Crippen molar-refractivity contribution in [2.24, 2.45) is 17.2 Å². The van der Waals surface area contributed by atoms with Crippen molar-refractivity contribution in [2.75, 3.05) is 46.4 Å². The number of rotatable bonds is 17. The molecule has 2 aliphatic rings. The highest BCUT2D eigenvalue weighted by atomic mass is 16.5. The highest BCUT2D eigenvalue weighted by Crippen LogP contribution is 2.40. The number of likely N-dealkylation sites (N-methyl/N-ethyl adjacent to an activating group) is 1. The summed E-state index contributed by atoms with van der Waals surface area (Å²) in [6.07, 6.45) is 7.05. The average Bonchev–Trinajstić information content (AvgIpc) is 3.62. The second-order valence-corrected chi connectivity index (χ2v) is 17.5. The number of nitrogens with one attached hydrogen (secondary N) is 4. The number of hydrogen-bond donors (Lipinski definition) is 7. The fourth-order valence-corrected chi connectivity index (χ4v) is 8.77. The van der Waals surface area contributed by atoms with Crippen LogP contribution in [-0.4, -0.2) is 115 Å². The molecular formula is C51H65N11O8. The topological polar surface area (TPSA) is 292 Å². The SMILES string of the molecule is Cc1nc(-c2ccc(OC3CCCCCC3)cc2)nc(C)c1C(=O)NC(CCN)C(=O)N(C)[C@@H]1C(=O)N[C@@H](C)C(=O)N[C@H](C(=O)NCC#N)Cc2ccc(OCCN)c(c2)-c2cc1ccc2OCCN. The van der Waals surface area contributed by atoms with Crippen molar-refractivity contribution in [2.45, 2.75) is 102 Å². The number of fused-ring (bicyclic) bond motifs is 5. The second kappa shape index (κ2) is 24.9. The van der Waals surface area contributed by atoms with Gasteiger partial charge < -0.3 is 57.6 Å². The molecule has 70 heavy (non-hydrogen) atoms. The Kier molecular flexibility index (Phi) is 18.6. The summed E-state index contributed by atoms with van der Waals surface area (Å²) in [7, 11) is 1.42. The summed E-state index contributed by atoms with van der Waals surface area (Å²) < 4.78 is 18.5. The Bertz CT molecular complexity index is 2520. The first kappa shape index (κ1) is 52.2. The van der Waals surface area contributed by atoms with E-state index in [2.05, 4.69) is 31.2 Å². The van der Waals surface area contributed by atoms with Gasteiger partial charge in [0.25, 0.3) is 5.91 Å². The van der Waals surface area contributed by atoms with Gasteiger partial charge in [-0.25, -0.2) is 9.97 Å². The standard InChI is InChI=1S/C51H65N11O8/c1-30-44(31(2)58-46(57-30)34-12-15-37(16-13-34)70-36-9-7-5-6-8-10-36)49(65)60-40(19-20-52)51(67)62(4)45-35-14-18-43(69-26-23-55)39(29-35)38-27-33(11-17-42(38)68-25-22-54)28-41(48(64)56-24-21-53)61-47(63)32(3)59-50(45)66/h11-18,27,29,32,36,40-41,45H,5-10,19-20,22-26,28,52,54-55H2,1-4H3,(H,56,64)(H,59,66)(H,60,65)(H,61,63)/t32-,40?,41-,45-/m0/s1. The van der Waals surface area contributed by atoms with Gasteiger partial charge in [-0.1, -0.05) is 25.0 Å². The maximum Gasteiger partial charge on any atom is 0.255 e. The van der Waals surface area contributed by atoms with E-state index >= 15 is 0 Å². The van der Waals surface area contributed by atoms with Crippen LogP contribution >= 0.6 is 0 Å². The normalized spacial score (nSPS) is 17.8. The number of carbonyl (C=O) groups excluding carboxylic acids is 5. The number of amides is 5. The first-order chi connectivity index (χ1) is 33.8. The lowest BCUT2D eigenvalue weighted by atomic mass is 9.93. The van der Waals surface area contributed by atoms with Crippen LogP contribution in [0.3, 0.4) is 0 Å². The Morgan fingerprint density at radius 2 is 1.47 bits per heavy atom. The van der Waals surface area contributed by atoms with E-state index in [0.29, 0.717) is 51.0 Å². The molecule has 1 aromatic heterocycles. The first-order valence-electron chi connectivity index (χ1n) is 23.8. The van der Waals surface area contributed by atoms with Gasteiger partial charge in [-0.2, -0.15) is 5.26 Å². The van der Waals surface area contributed by atoms with E-state index in [0.717, 1.165) is 37.0 Å². The Labute approximate surface area is 408 Å². The molecule has 0 radical (unpaired) electrons. The van der Waals surface area contributed by atoms with Gasteiger partial charge in [-0.15, -0.1) is 0 Å². The van der Waals surface area contributed by atoms with Crippen LogP contribution < -0.4 is 52.7 Å². The Morgan fingerprint density at radius 1 is 0.843 bits per heavy atom. The van der Waals surface area contributed by atoms with Crippen LogP contribution in [-0.2, 0) is 25.6 Å². The minimum Gasteiger partial charge on any atom is -0.492 e. The number of aryl methyl sites for hydroxylation is 2. The number of nitriles is 1. The van der Waals surface area contributed by atoms with Crippen molar-refractivity contribution in [1.82, 2.24) is 36.1 Å². The highest BCUT2D eigenvalue weighted by molar-refractivity contribution is 6.00. The molecule has 1 unspecified atom stereocenters. The molecule has 1 saturated carbocycles. The molecule has 10 N–H and O–H groups in total. The molecule has 6 rings (SSSR count). The molecule has 4 aromatic rings. The maximum absolute atomic E-state index is 14.8. The minimum absolute atomic E-state index is 0.000106. The third-order valence-electron chi connectivity index (χ3n) is 12.3. The third kappa shape index (κ3) is 13.1.